The number of nitrogens with zero attached hydrogens (tertiary/aromatic N) is 2. The van der Waals surface area contributed by atoms with Crippen molar-refractivity contribution in [3.63, 3.8) is 0 Å². The predicted octanol–water partition coefficient (Wildman–Crippen LogP) is 1.80. The van der Waals surface area contributed by atoms with Crippen molar-refractivity contribution in [2.45, 2.75) is 57.5 Å². The van der Waals surface area contributed by atoms with Gasteiger partial charge in [-0.1, -0.05) is 12.8 Å². The Bertz CT molecular complexity index is 271. The van der Waals surface area contributed by atoms with Gasteiger partial charge in [-0.25, -0.2) is 0 Å². The number of carboxylic acids is 1. The van der Waals surface area contributed by atoms with Gasteiger partial charge in [0.15, 0.2) is 0 Å². The first-order valence-electron chi connectivity index (χ1n) is 7.41. The van der Waals surface area contributed by atoms with E-state index in [2.05, 4.69) is 16.7 Å². The highest BCUT2D eigenvalue weighted by molar-refractivity contribution is 5.74. The quantitative estimate of drug-likeness (QED) is 0.831. The highest BCUT2D eigenvalue weighted by atomic mass is 16.4. The third-order valence-corrected chi connectivity index (χ3v) is 4.46. The Morgan fingerprint density at radius 3 is 1.78 bits per heavy atom. The molecular formula is C14H26N2O2. The van der Waals surface area contributed by atoms with Crippen LogP contribution in [-0.4, -0.2) is 59.1 Å². The molecule has 0 radical (unpaired) electrons. The summed E-state index contributed by atoms with van der Waals surface area (Å²) in [5.74, 6) is -0.644. The second-order valence-electron chi connectivity index (χ2n) is 5.72. The van der Waals surface area contributed by atoms with Crippen LogP contribution < -0.4 is 0 Å². The molecule has 0 spiro atoms. The first kappa shape index (κ1) is 13.8. The summed E-state index contributed by atoms with van der Waals surface area (Å²) in [5.41, 5.74) is 0. The summed E-state index contributed by atoms with van der Waals surface area (Å²) in [7, 11) is 0. The lowest BCUT2D eigenvalue weighted by Crippen LogP contribution is -2.56. The van der Waals surface area contributed by atoms with E-state index in [0.717, 1.165) is 39.0 Å². The molecule has 0 aromatic carbocycles. The van der Waals surface area contributed by atoms with Crippen molar-refractivity contribution < 1.29 is 9.90 Å². The second kappa shape index (κ2) is 6.53. The molecule has 1 N–H and O–H groups in total. The fourth-order valence-electron chi connectivity index (χ4n) is 3.39. The third-order valence-electron chi connectivity index (χ3n) is 4.46. The zero-order valence-electron chi connectivity index (χ0n) is 11.5. The van der Waals surface area contributed by atoms with Gasteiger partial charge in [0.25, 0.3) is 0 Å². The van der Waals surface area contributed by atoms with Gasteiger partial charge in [0.1, 0.15) is 6.04 Å². The number of hydrogen-bond donors (Lipinski definition) is 1. The lowest BCUT2D eigenvalue weighted by molar-refractivity contribution is -0.146. The smallest absolute Gasteiger partial charge is 0.322 e. The molecule has 2 heterocycles. The molecule has 2 saturated heterocycles. The van der Waals surface area contributed by atoms with E-state index in [1.807, 2.05) is 0 Å². The molecule has 0 unspecified atom stereocenters. The third kappa shape index (κ3) is 3.23. The molecule has 0 aromatic rings. The molecule has 2 aliphatic heterocycles. The van der Waals surface area contributed by atoms with Crippen LogP contribution >= 0.6 is 0 Å². The van der Waals surface area contributed by atoms with Crippen LogP contribution in [0.4, 0.5) is 0 Å². The highest BCUT2D eigenvalue weighted by Gasteiger charge is 2.35. The molecule has 104 valence electrons. The molecule has 0 saturated carbocycles. The average molecular weight is 254 g/mol. The molecule has 0 amide bonds. The summed E-state index contributed by atoms with van der Waals surface area (Å²) in [6.45, 7) is 6.14. The van der Waals surface area contributed by atoms with E-state index in [1.54, 1.807) is 0 Å². The maximum Gasteiger partial charge on any atom is 0.322 e. The van der Waals surface area contributed by atoms with Gasteiger partial charge in [-0.3, -0.25) is 14.6 Å². The monoisotopic (exact) mass is 254 g/mol. The Morgan fingerprint density at radius 2 is 1.33 bits per heavy atom. The number of hydrogen-bond acceptors (Lipinski definition) is 3. The van der Waals surface area contributed by atoms with Crippen molar-refractivity contribution in [3.05, 3.63) is 0 Å². The van der Waals surface area contributed by atoms with Crippen LogP contribution in [0.1, 0.15) is 45.4 Å². The normalized spacial score (nSPS) is 26.7. The van der Waals surface area contributed by atoms with Crippen molar-refractivity contribution in [1.82, 2.24) is 9.80 Å². The fourth-order valence-corrected chi connectivity index (χ4v) is 3.39. The first-order chi connectivity index (χ1) is 8.70. The first-order valence-corrected chi connectivity index (χ1v) is 7.41. The van der Waals surface area contributed by atoms with Crippen molar-refractivity contribution in [2.24, 2.45) is 0 Å². The van der Waals surface area contributed by atoms with Crippen molar-refractivity contribution in [2.75, 3.05) is 26.2 Å². The molecule has 2 aliphatic rings. The van der Waals surface area contributed by atoms with Crippen LogP contribution in [0.3, 0.4) is 0 Å². The Morgan fingerprint density at radius 1 is 0.889 bits per heavy atom. The summed E-state index contributed by atoms with van der Waals surface area (Å²) in [6, 6.07) is -0.177. The summed E-state index contributed by atoms with van der Waals surface area (Å²) in [4.78, 5) is 16.2. The molecular weight excluding hydrogens is 228 g/mol. The molecule has 2 atom stereocenters. The van der Waals surface area contributed by atoms with Gasteiger partial charge in [0.05, 0.1) is 0 Å². The summed E-state index contributed by atoms with van der Waals surface area (Å²) in [6.07, 6.45) is 7.28. The Hall–Kier alpha value is -0.610. The number of aliphatic carboxylic acids is 1. The molecule has 4 heteroatoms. The van der Waals surface area contributed by atoms with Gasteiger partial charge < -0.3 is 5.11 Å². The minimum atomic E-state index is -0.644. The van der Waals surface area contributed by atoms with E-state index in [1.165, 1.54) is 25.7 Å². The van der Waals surface area contributed by atoms with Gasteiger partial charge in [-0.2, -0.15) is 0 Å². The second-order valence-corrected chi connectivity index (χ2v) is 5.72. The van der Waals surface area contributed by atoms with Crippen LogP contribution in [0.15, 0.2) is 0 Å². The SMILES string of the molecule is C[C@H]([C@H](C(=O)O)N1CCCCC1)N1CCCCC1. The summed E-state index contributed by atoms with van der Waals surface area (Å²) in [5, 5.41) is 9.56. The van der Waals surface area contributed by atoms with Crippen molar-refractivity contribution >= 4 is 5.97 Å². The maximum atomic E-state index is 11.6. The van der Waals surface area contributed by atoms with E-state index in [9.17, 15) is 9.90 Å². The standard InChI is InChI=1S/C14H26N2O2/c1-12(15-8-4-2-5-9-15)13(14(17)18)16-10-6-3-7-11-16/h12-13H,2-11H2,1H3,(H,17,18)/t12-,13-/m1/s1. The molecule has 0 aliphatic carbocycles. The van der Waals surface area contributed by atoms with Crippen LogP contribution in [0.2, 0.25) is 0 Å². The van der Waals surface area contributed by atoms with Crippen molar-refractivity contribution in [1.29, 1.82) is 0 Å². The van der Waals surface area contributed by atoms with Crippen LogP contribution in [-0.2, 0) is 4.79 Å². The molecule has 4 nitrogen and oxygen atoms in total. The van der Waals surface area contributed by atoms with Gasteiger partial charge in [-0.15, -0.1) is 0 Å². The fraction of sp³-hybridized carbons (Fsp3) is 0.929. The van der Waals surface area contributed by atoms with Gasteiger partial charge in [0, 0.05) is 6.04 Å². The number of piperidine rings is 2. The molecule has 0 aromatic heterocycles. The van der Waals surface area contributed by atoms with E-state index >= 15 is 0 Å². The van der Waals surface area contributed by atoms with Crippen LogP contribution in [0, 0.1) is 0 Å². The summed E-state index contributed by atoms with van der Waals surface area (Å²) < 4.78 is 0. The Labute approximate surface area is 110 Å². The molecule has 0 bridgehead atoms. The van der Waals surface area contributed by atoms with Crippen molar-refractivity contribution in [3.8, 4) is 0 Å². The van der Waals surface area contributed by atoms with E-state index in [0.29, 0.717) is 0 Å². The average Bonchev–Trinajstić information content (AvgIpc) is 2.40. The number of rotatable bonds is 4. The van der Waals surface area contributed by atoms with Gasteiger partial charge >= 0.3 is 5.97 Å². The van der Waals surface area contributed by atoms with Gasteiger partial charge in [0.2, 0.25) is 0 Å². The largest absolute Gasteiger partial charge is 0.480 e. The predicted molar refractivity (Wildman–Crippen MR) is 71.7 cm³/mol. The Balaban J connectivity index is 2.00. The van der Waals surface area contributed by atoms with Crippen LogP contribution in [0.5, 0.6) is 0 Å². The van der Waals surface area contributed by atoms with Gasteiger partial charge in [-0.05, 0) is 58.8 Å². The number of carbonyl (C=O) groups is 1. The topological polar surface area (TPSA) is 43.8 Å². The molecule has 2 rings (SSSR count). The maximum absolute atomic E-state index is 11.6. The van der Waals surface area contributed by atoms with Crippen LogP contribution in [0.25, 0.3) is 0 Å². The molecule has 2 fully saturated rings. The minimum absolute atomic E-state index is 0.140. The molecule has 18 heavy (non-hydrogen) atoms. The lowest BCUT2D eigenvalue weighted by atomic mass is 10.00. The number of likely N-dealkylation sites (tertiary alicyclic amines) is 2. The minimum Gasteiger partial charge on any atom is -0.480 e. The highest BCUT2D eigenvalue weighted by Crippen LogP contribution is 2.20. The summed E-state index contributed by atoms with van der Waals surface area (Å²) >= 11 is 0. The van der Waals surface area contributed by atoms with E-state index in [4.69, 9.17) is 0 Å². The zero-order chi connectivity index (χ0) is 13.0. The lowest BCUT2D eigenvalue weighted by Gasteiger charge is -2.41. The number of carboxylic acid groups (broad SMARTS) is 1. The Kier molecular flexibility index (Phi) is 5.01. The van der Waals surface area contributed by atoms with E-state index < -0.39 is 5.97 Å². The zero-order valence-corrected chi connectivity index (χ0v) is 11.5. The van der Waals surface area contributed by atoms with E-state index in [-0.39, 0.29) is 12.1 Å².